The number of benzene rings is 2. The molecule has 2 aromatic rings. The van der Waals surface area contributed by atoms with Crippen molar-refractivity contribution in [2.75, 3.05) is 31.6 Å². The number of hydrogen-bond acceptors (Lipinski definition) is 5. The normalized spacial score (nSPS) is 22.4. The van der Waals surface area contributed by atoms with E-state index in [9.17, 15) is 9.59 Å². The average Bonchev–Trinajstić information content (AvgIpc) is 2.78. The molecule has 0 N–H and O–H groups in total. The van der Waals surface area contributed by atoms with Gasteiger partial charge in [0, 0.05) is 6.54 Å². The minimum atomic E-state index is -0.394. The Labute approximate surface area is 177 Å². The lowest BCUT2D eigenvalue weighted by molar-refractivity contribution is -0.0311. The van der Waals surface area contributed by atoms with E-state index in [-0.39, 0.29) is 12.2 Å². The quantitative estimate of drug-likeness (QED) is 0.700. The first kappa shape index (κ1) is 20.4. The number of carbonyl (C=O) groups is 2. The zero-order valence-corrected chi connectivity index (χ0v) is 17.5. The Hall–Kier alpha value is -2.86. The Morgan fingerprint density at radius 1 is 1.10 bits per heavy atom. The Balaban J connectivity index is 1.58. The number of hydrogen-bond donors (Lipinski definition) is 0. The van der Waals surface area contributed by atoms with Gasteiger partial charge in [-0.15, -0.1) is 0 Å². The number of ether oxygens (including phenoxy) is 2. The number of piperidine rings is 3. The number of esters is 1. The number of aryl methyl sites for hydroxylation is 1. The molecule has 1 unspecified atom stereocenters. The van der Waals surface area contributed by atoms with Gasteiger partial charge >= 0.3 is 12.1 Å². The van der Waals surface area contributed by atoms with Crippen LogP contribution in [0.5, 0.6) is 0 Å². The molecule has 3 fully saturated rings. The molecule has 0 saturated carbocycles. The van der Waals surface area contributed by atoms with Gasteiger partial charge in [-0.1, -0.05) is 30.3 Å². The predicted octanol–water partition coefficient (Wildman–Crippen LogP) is 4.02. The van der Waals surface area contributed by atoms with E-state index in [1.54, 1.807) is 23.1 Å². The van der Waals surface area contributed by atoms with Crippen LogP contribution < -0.4 is 4.90 Å². The van der Waals surface area contributed by atoms with Crippen molar-refractivity contribution in [2.24, 2.45) is 5.92 Å². The zero-order chi connectivity index (χ0) is 21.1. The highest BCUT2D eigenvalue weighted by Gasteiger charge is 2.37. The highest BCUT2D eigenvalue weighted by Crippen LogP contribution is 2.31. The fraction of sp³-hybridized carbons (Fsp3) is 0.417. The molecule has 0 spiro atoms. The first-order valence-electron chi connectivity index (χ1n) is 10.5. The maximum Gasteiger partial charge on any atom is 0.414 e. The fourth-order valence-corrected chi connectivity index (χ4v) is 4.45. The second kappa shape index (κ2) is 8.88. The van der Waals surface area contributed by atoms with E-state index in [0.717, 1.165) is 49.3 Å². The largest absolute Gasteiger partial charge is 0.465 e. The van der Waals surface area contributed by atoms with Crippen molar-refractivity contribution in [3.05, 3.63) is 65.2 Å². The van der Waals surface area contributed by atoms with Gasteiger partial charge in [-0.3, -0.25) is 9.80 Å². The first-order chi connectivity index (χ1) is 14.5. The first-order valence-corrected chi connectivity index (χ1v) is 10.5. The monoisotopic (exact) mass is 408 g/mol. The SMILES string of the molecule is COC(=O)c1cccc(CN(C(=O)OC2CN3CCC2CC3)c2ccccc2C)c1. The van der Waals surface area contributed by atoms with Gasteiger partial charge in [-0.25, -0.2) is 9.59 Å². The van der Waals surface area contributed by atoms with Crippen LogP contribution in [0.3, 0.4) is 0 Å². The number of anilines is 1. The van der Waals surface area contributed by atoms with Crippen molar-refractivity contribution < 1.29 is 19.1 Å². The van der Waals surface area contributed by atoms with Gasteiger partial charge in [0.05, 0.1) is 24.9 Å². The van der Waals surface area contributed by atoms with E-state index >= 15 is 0 Å². The van der Waals surface area contributed by atoms with Crippen LogP contribution in [0.4, 0.5) is 10.5 Å². The molecule has 0 radical (unpaired) electrons. The third-order valence-corrected chi connectivity index (χ3v) is 6.16. The summed E-state index contributed by atoms with van der Waals surface area (Å²) >= 11 is 0. The van der Waals surface area contributed by atoms with Crippen molar-refractivity contribution in [1.29, 1.82) is 0 Å². The number of fused-ring (bicyclic) bond motifs is 3. The zero-order valence-electron chi connectivity index (χ0n) is 17.5. The lowest BCUT2D eigenvalue weighted by atomic mass is 9.86. The molecule has 2 aromatic carbocycles. The van der Waals surface area contributed by atoms with Crippen molar-refractivity contribution in [3.8, 4) is 0 Å². The number of carbonyl (C=O) groups excluding carboxylic acids is 2. The van der Waals surface area contributed by atoms with Crippen LogP contribution in [0.15, 0.2) is 48.5 Å². The van der Waals surface area contributed by atoms with Gasteiger partial charge in [0.15, 0.2) is 0 Å². The molecule has 3 aliphatic rings. The van der Waals surface area contributed by atoms with Crippen molar-refractivity contribution >= 4 is 17.7 Å². The maximum atomic E-state index is 13.3. The third-order valence-electron chi connectivity index (χ3n) is 6.16. The fourth-order valence-electron chi connectivity index (χ4n) is 4.45. The Kier molecular flexibility index (Phi) is 6.04. The molecule has 30 heavy (non-hydrogen) atoms. The Bertz CT molecular complexity index is 921. The van der Waals surface area contributed by atoms with E-state index in [1.165, 1.54) is 7.11 Å². The van der Waals surface area contributed by atoms with E-state index in [4.69, 9.17) is 9.47 Å². The predicted molar refractivity (Wildman–Crippen MR) is 115 cm³/mol. The third kappa shape index (κ3) is 4.33. The maximum absolute atomic E-state index is 13.3. The summed E-state index contributed by atoms with van der Waals surface area (Å²) in [5.41, 5.74) is 3.11. The van der Waals surface area contributed by atoms with Crippen LogP contribution in [0.1, 0.15) is 34.3 Å². The highest BCUT2D eigenvalue weighted by atomic mass is 16.6. The second-order valence-corrected chi connectivity index (χ2v) is 8.12. The van der Waals surface area contributed by atoms with Crippen LogP contribution in [0.25, 0.3) is 0 Å². The van der Waals surface area contributed by atoms with Crippen LogP contribution in [0.2, 0.25) is 0 Å². The van der Waals surface area contributed by atoms with Gasteiger partial charge < -0.3 is 9.47 Å². The molecule has 5 rings (SSSR count). The molecular weight excluding hydrogens is 380 g/mol. The number of rotatable bonds is 5. The minimum Gasteiger partial charge on any atom is -0.465 e. The van der Waals surface area contributed by atoms with Crippen molar-refractivity contribution in [3.63, 3.8) is 0 Å². The number of nitrogens with zero attached hydrogens (tertiary/aromatic N) is 2. The van der Waals surface area contributed by atoms with Gasteiger partial charge in [-0.2, -0.15) is 0 Å². The van der Waals surface area contributed by atoms with Gasteiger partial charge in [0.25, 0.3) is 0 Å². The molecule has 0 aliphatic carbocycles. The van der Waals surface area contributed by atoms with E-state index in [2.05, 4.69) is 4.90 Å². The summed E-state index contributed by atoms with van der Waals surface area (Å²) in [6.07, 6.45) is 1.77. The molecule has 1 atom stereocenters. The standard InChI is InChI=1S/C24H28N2O4/c1-17-6-3-4-9-21(17)26(15-18-7-5-8-20(14-18)23(27)29-2)24(28)30-22-16-25-12-10-19(22)11-13-25/h3-9,14,19,22H,10-13,15-16H2,1-2H3. The van der Waals surface area contributed by atoms with Crippen LogP contribution in [-0.4, -0.2) is 49.8 Å². The molecular formula is C24H28N2O4. The summed E-state index contributed by atoms with van der Waals surface area (Å²) in [4.78, 5) is 29.3. The summed E-state index contributed by atoms with van der Waals surface area (Å²) in [5, 5.41) is 0. The van der Waals surface area contributed by atoms with Gasteiger partial charge in [0.1, 0.15) is 6.10 Å². The van der Waals surface area contributed by atoms with E-state index < -0.39 is 5.97 Å². The molecule has 6 heteroatoms. The second-order valence-electron chi connectivity index (χ2n) is 8.12. The minimum absolute atomic E-state index is 0.0621. The number of methoxy groups -OCH3 is 1. The van der Waals surface area contributed by atoms with Crippen molar-refractivity contribution in [2.45, 2.75) is 32.4 Å². The summed E-state index contributed by atoms with van der Waals surface area (Å²) in [6, 6.07) is 15.0. The van der Waals surface area contributed by atoms with Gasteiger partial charge in [-0.05, 0) is 68.1 Å². The molecule has 3 saturated heterocycles. The lowest BCUT2D eigenvalue weighted by Gasteiger charge is -2.44. The highest BCUT2D eigenvalue weighted by molar-refractivity contribution is 5.90. The topological polar surface area (TPSA) is 59.1 Å². The lowest BCUT2D eigenvalue weighted by Crippen LogP contribution is -2.53. The molecule has 3 aliphatic heterocycles. The summed E-state index contributed by atoms with van der Waals surface area (Å²) in [5.74, 6) is 0.0504. The molecule has 3 heterocycles. The average molecular weight is 408 g/mol. The molecule has 0 aromatic heterocycles. The smallest absolute Gasteiger partial charge is 0.414 e. The summed E-state index contributed by atoms with van der Waals surface area (Å²) < 4.78 is 10.8. The Morgan fingerprint density at radius 3 is 2.53 bits per heavy atom. The van der Waals surface area contributed by atoms with E-state index in [0.29, 0.717) is 18.0 Å². The molecule has 2 bridgehead atoms. The number of para-hydroxylation sites is 1. The van der Waals surface area contributed by atoms with Crippen LogP contribution in [-0.2, 0) is 16.0 Å². The van der Waals surface area contributed by atoms with Crippen molar-refractivity contribution in [1.82, 2.24) is 4.90 Å². The summed E-state index contributed by atoms with van der Waals surface area (Å²) in [7, 11) is 1.36. The Morgan fingerprint density at radius 2 is 1.87 bits per heavy atom. The van der Waals surface area contributed by atoms with Crippen LogP contribution >= 0.6 is 0 Å². The molecule has 6 nitrogen and oxygen atoms in total. The van der Waals surface area contributed by atoms with Crippen LogP contribution in [0, 0.1) is 12.8 Å². The van der Waals surface area contributed by atoms with E-state index in [1.807, 2.05) is 37.3 Å². The molecule has 1 amide bonds. The van der Waals surface area contributed by atoms with Gasteiger partial charge in [0.2, 0.25) is 0 Å². The molecule has 158 valence electrons. The number of amides is 1. The summed E-state index contributed by atoms with van der Waals surface area (Å²) in [6.45, 7) is 5.31.